The van der Waals surface area contributed by atoms with E-state index in [-0.39, 0.29) is 11.2 Å². The Balaban J connectivity index is 1.43. The molecule has 1 fully saturated rings. The van der Waals surface area contributed by atoms with Crippen molar-refractivity contribution in [2.45, 2.75) is 66.2 Å². The highest BCUT2D eigenvalue weighted by Gasteiger charge is 2.39. The average Bonchev–Trinajstić information content (AvgIpc) is 2.89. The van der Waals surface area contributed by atoms with Crippen LogP contribution >= 0.6 is 11.8 Å². The van der Waals surface area contributed by atoms with E-state index < -0.39 is 10.3 Å². The fraction of sp³-hybridized carbons (Fsp3) is 0.533. The van der Waals surface area contributed by atoms with Crippen molar-refractivity contribution in [3.05, 3.63) is 46.5 Å². The monoisotopic (exact) mass is 540 g/mol. The van der Waals surface area contributed by atoms with Gasteiger partial charge in [-0.15, -0.1) is 0 Å². The molecule has 0 radical (unpaired) electrons. The second-order valence-corrected chi connectivity index (χ2v) is 12.8. The normalized spacial score (nSPS) is 19.5. The van der Waals surface area contributed by atoms with Crippen molar-refractivity contribution in [2.75, 3.05) is 38.2 Å². The number of carbonyl (C=O) groups is 2. The molecular formula is C30H40N2O5S. The minimum Gasteiger partial charge on any atom is -0.497 e. The van der Waals surface area contributed by atoms with Crippen LogP contribution in [0.4, 0.5) is 10.5 Å². The number of ether oxygens (including phenoxy) is 3. The summed E-state index contributed by atoms with van der Waals surface area (Å²) in [5.41, 5.74) is 4.40. The van der Waals surface area contributed by atoms with Crippen LogP contribution in [0.5, 0.6) is 17.2 Å². The zero-order valence-electron chi connectivity index (χ0n) is 23.9. The number of nitrogens with zero attached hydrogens (tertiary/aromatic N) is 2. The Morgan fingerprint density at radius 1 is 0.974 bits per heavy atom. The summed E-state index contributed by atoms with van der Waals surface area (Å²) in [6.07, 6.45) is 1.45. The maximum atomic E-state index is 13.3. The van der Waals surface area contributed by atoms with Gasteiger partial charge in [0.25, 0.3) is 5.24 Å². The number of hydrogen-bond donors (Lipinski definition) is 0. The Morgan fingerprint density at radius 2 is 1.61 bits per heavy atom. The molecule has 206 valence electrons. The first-order valence-electron chi connectivity index (χ1n) is 13.2. The Hall–Kier alpha value is -2.87. The van der Waals surface area contributed by atoms with Crippen LogP contribution in [0.2, 0.25) is 0 Å². The smallest absolute Gasteiger partial charge is 0.316 e. The lowest BCUT2D eigenvalue weighted by molar-refractivity contribution is -0.143. The molecule has 1 saturated heterocycles. The molecule has 7 nitrogen and oxygen atoms in total. The molecule has 8 heteroatoms. The van der Waals surface area contributed by atoms with E-state index in [9.17, 15) is 9.59 Å². The summed E-state index contributed by atoms with van der Waals surface area (Å²) in [5, 5.41) is 0.0483. The molecule has 2 aliphatic rings. The van der Waals surface area contributed by atoms with Gasteiger partial charge >= 0.3 is 5.97 Å². The Bertz CT molecular complexity index is 1210. The zero-order valence-corrected chi connectivity index (χ0v) is 24.7. The van der Waals surface area contributed by atoms with Gasteiger partial charge in [-0.25, -0.2) is 0 Å². The van der Waals surface area contributed by atoms with Crippen molar-refractivity contribution in [3.63, 3.8) is 0 Å². The number of amides is 1. The lowest BCUT2D eigenvalue weighted by Gasteiger charge is -2.40. The van der Waals surface area contributed by atoms with Crippen LogP contribution in [0.1, 0.15) is 56.4 Å². The Labute approximate surface area is 230 Å². The van der Waals surface area contributed by atoms with Crippen molar-refractivity contribution in [1.29, 1.82) is 0 Å². The van der Waals surface area contributed by atoms with Crippen LogP contribution in [-0.2, 0) is 11.2 Å². The van der Waals surface area contributed by atoms with Crippen molar-refractivity contribution >= 4 is 28.7 Å². The molecule has 0 saturated carbocycles. The van der Waals surface area contributed by atoms with Crippen LogP contribution in [-0.4, -0.2) is 54.3 Å². The number of esters is 1. The molecule has 2 aliphatic heterocycles. The number of hydrogen-bond acceptors (Lipinski definition) is 7. The van der Waals surface area contributed by atoms with Crippen molar-refractivity contribution < 1.29 is 23.8 Å². The van der Waals surface area contributed by atoms with Gasteiger partial charge in [-0.05, 0) is 108 Å². The van der Waals surface area contributed by atoms with Crippen LogP contribution < -0.4 is 19.1 Å². The number of carbonyl (C=O) groups excluding carboxylic acids is 2. The lowest BCUT2D eigenvalue weighted by atomic mass is 9.91. The molecular weight excluding hydrogens is 500 g/mol. The second-order valence-electron chi connectivity index (χ2n) is 11.4. The third kappa shape index (κ3) is 5.75. The lowest BCUT2D eigenvalue weighted by Crippen LogP contribution is -2.49. The van der Waals surface area contributed by atoms with Gasteiger partial charge in [-0.1, -0.05) is 0 Å². The summed E-state index contributed by atoms with van der Waals surface area (Å²) in [6, 6.07) is 8.04. The van der Waals surface area contributed by atoms with E-state index in [2.05, 4.69) is 17.0 Å². The average molecular weight is 541 g/mol. The van der Waals surface area contributed by atoms with E-state index in [4.69, 9.17) is 14.2 Å². The number of rotatable bonds is 4. The van der Waals surface area contributed by atoms with Crippen LogP contribution in [0.3, 0.4) is 0 Å². The highest BCUT2D eigenvalue weighted by atomic mass is 32.2. The van der Waals surface area contributed by atoms with E-state index in [0.29, 0.717) is 25.3 Å². The molecule has 2 aromatic rings. The predicted molar refractivity (Wildman–Crippen MR) is 153 cm³/mol. The summed E-state index contributed by atoms with van der Waals surface area (Å²) in [6.45, 7) is 16.4. The van der Waals surface area contributed by atoms with E-state index in [1.807, 2.05) is 65.5 Å². The summed E-state index contributed by atoms with van der Waals surface area (Å²) >= 11 is 1.28. The van der Waals surface area contributed by atoms with Gasteiger partial charge in [-0.2, -0.15) is 0 Å². The van der Waals surface area contributed by atoms with Crippen molar-refractivity contribution in [1.82, 2.24) is 4.90 Å². The van der Waals surface area contributed by atoms with Gasteiger partial charge in [0.15, 0.2) is 4.93 Å². The molecule has 1 atom stereocenters. The third-order valence-corrected chi connectivity index (χ3v) is 8.70. The molecule has 0 aromatic heterocycles. The molecule has 0 bridgehead atoms. The van der Waals surface area contributed by atoms with E-state index in [1.165, 1.54) is 11.8 Å². The first kappa shape index (κ1) is 28.1. The molecule has 0 aliphatic carbocycles. The molecule has 38 heavy (non-hydrogen) atoms. The first-order valence-corrected chi connectivity index (χ1v) is 14.1. The van der Waals surface area contributed by atoms with Crippen LogP contribution in [0.25, 0.3) is 0 Å². The van der Waals surface area contributed by atoms with E-state index in [1.54, 1.807) is 7.11 Å². The van der Waals surface area contributed by atoms with Crippen molar-refractivity contribution in [3.8, 4) is 17.2 Å². The first-order chi connectivity index (χ1) is 17.8. The standard InChI is InChI=1S/C30H40N2O5S/c1-19-20(2)26-24(21(3)25(19)36-27(33)29(4,5)6)13-14-30(7,37-26)38-28(34)32-17-15-31(16-18-32)22-9-11-23(35-8)12-10-22/h9-12H,13-18H2,1-8H3. The van der Waals surface area contributed by atoms with Crippen LogP contribution in [0, 0.1) is 26.2 Å². The number of fused-ring (bicyclic) bond motifs is 1. The third-order valence-electron chi connectivity index (χ3n) is 7.54. The number of thioether (sulfide) groups is 1. The number of methoxy groups -OCH3 is 1. The molecule has 2 aromatic carbocycles. The number of piperazine rings is 1. The zero-order chi connectivity index (χ0) is 27.8. The van der Waals surface area contributed by atoms with Gasteiger partial charge < -0.3 is 24.0 Å². The number of benzene rings is 2. The molecule has 4 rings (SSSR count). The molecule has 1 amide bonds. The second kappa shape index (κ2) is 10.7. The fourth-order valence-electron chi connectivity index (χ4n) is 4.87. The quantitative estimate of drug-likeness (QED) is 0.334. The number of anilines is 1. The highest BCUT2D eigenvalue weighted by molar-refractivity contribution is 8.14. The minimum atomic E-state index is -0.662. The van der Waals surface area contributed by atoms with Gasteiger partial charge in [0.05, 0.1) is 12.5 Å². The Kier molecular flexibility index (Phi) is 7.94. The minimum absolute atomic E-state index is 0.0483. The topological polar surface area (TPSA) is 68.3 Å². The predicted octanol–water partition coefficient (Wildman–Crippen LogP) is 6.29. The van der Waals surface area contributed by atoms with Gasteiger partial charge in [0, 0.05) is 43.9 Å². The SMILES string of the molecule is COc1ccc(N2CCN(C(=O)SC3(C)CCc4c(C)c(OC(=O)C(C)(C)C)c(C)c(C)c4O3)CC2)cc1. The molecule has 1 unspecified atom stereocenters. The fourth-order valence-corrected chi connectivity index (χ4v) is 5.88. The van der Waals surface area contributed by atoms with Crippen molar-refractivity contribution in [2.24, 2.45) is 5.41 Å². The van der Waals surface area contributed by atoms with Crippen LogP contribution in [0.15, 0.2) is 24.3 Å². The van der Waals surface area contributed by atoms with Gasteiger partial charge in [0.2, 0.25) is 0 Å². The summed E-state index contributed by atoms with van der Waals surface area (Å²) in [5.74, 6) is 2.03. The maximum absolute atomic E-state index is 13.3. The van der Waals surface area contributed by atoms with E-state index in [0.717, 1.165) is 59.0 Å². The molecule has 0 spiro atoms. The van der Waals surface area contributed by atoms with Gasteiger partial charge in [-0.3, -0.25) is 9.59 Å². The summed E-state index contributed by atoms with van der Waals surface area (Å²) in [4.78, 5) is 29.5. The maximum Gasteiger partial charge on any atom is 0.316 e. The largest absolute Gasteiger partial charge is 0.497 e. The summed E-state index contributed by atoms with van der Waals surface area (Å²) in [7, 11) is 1.66. The Morgan fingerprint density at radius 3 is 2.18 bits per heavy atom. The summed E-state index contributed by atoms with van der Waals surface area (Å²) < 4.78 is 17.7. The highest BCUT2D eigenvalue weighted by Crippen LogP contribution is 2.47. The molecule has 2 heterocycles. The van der Waals surface area contributed by atoms with E-state index >= 15 is 0 Å². The molecule has 0 N–H and O–H groups in total. The van der Waals surface area contributed by atoms with Gasteiger partial charge in [0.1, 0.15) is 17.2 Å².